The topological polar surface area (TPSA) is 79.8 Å². The SMILES string of the molecule is Cc1cccc(-n2c(=S)[nH]c3cc(C(=O)Nc4cccc5cccnc45)ccc3c2=O)c1C. The first kappa shape index (κ1) is 20.8. The number of carbonyl (C=O) groups is 1. The number of nitrogens with zero attached hydrogens (tertiary/aromatic N) is 2. The van der Waals surface area contributed by atoms with Crippen molar-refractivity contribution < 1.29 is 4.79 Å². The third-order valence-electron chi connectivity index (χ3n) is 5.86. The van der Waals surface area contributed by atoms with Crippen LogP contribution in [0.25, 0.3) is 27.5 Å². The standard InChI is InChI=1S/C26H20N4O2S/c1-15-6-3-10-22(16(15)2)30-25(32)19-12-11-18(14-21(19)29-26(30)33)24(31)28-20-9-4-7-17-8-5-13-27-23(17)20/h3-14H,1-2H3,(H,28,31)(H,29,33). The van der Waals surface area contributed by atoms with Crippen molar-refractivity contribution in [2.24, 2.45) is 0 Å². The van der Waals surface area contributed by atoms with E-state index in [4.69, 9.17) is 12.2 Å². The number of aromatic amines is 1. The normalized spacial score (nSPS) is 11.1. The fourth-order valence-electron chi connectivity index (χ4n) is 3.96. The molecule has 0 spiro atoms. The summed E-state index contributed by atoms with van der Waals surface area (Å²) in [7, 11) is 0. The summed E-state index contributed by atoms with van der Waals surface area (Å²) in [4.78, 5) is 33.8. The molecule has 5 aromatic rings. The first-order chi connectivity index (χ1) is 15.9. The molecule has 0 aliphatic carbocycles. The van der Waals surface area contributed by atoms with Gasteiger partial charge in [-0.05, 0) is 73.6 Å². The monoisotopic (exact) mass is 452 g/mol. The van der Waals surface area contributed by atoms with Crippen LogP contribution in [0.3, 0.4) is 0 Å². The molecule has 0 saturated carbocycles. The third kappa shape index (κ3) is 3.62. The molecular formula is C26H20N4O2S. The van der Waals surface area contributed by atoms with Crippen LogP contribution in [-0.4, -0.2) is 20.4 Å². The lowest BCUT2D eigenvalue weighted by molar-refractivity contribution is 0.102. The summed E-state index contributed by atoms with van der Waals surface area (Å²) in [6.07, 6.45) is 1.69. The zero-order valence-corrected chi connectivity index (χ0v) is 18.9. The van der Waals surface area contributed by atoms with Crippen LogP contribution in [0, 0.1) is 18.6 Å². The quantitative estimate of drug-likeness (QED) is 0.356. The summed E-state index contributed by atoms with van der Waals surface area (Å²) in [5.74, 6) is -0.298. The number of aromatic nitrogens is 3. The van der Waals surface area contributed by atoms with Gasteiger partial charge in [0.1, 0.15) is 0 Å². The van der Waals surface area contributed by atoms with E-state index in [1.807, 2.05) is 62.4 Å². The van der Waals surface area contributed by atoms with Gasteiger partial charge in [-0.15, -0.1) is 0 Å². The van der Waals surface area contributed by atoms with Crippen molar-refractivity contribution in [1.29, 1.82) is 0 Å². The molecule has 0 radical (unpaired) electrons. The van der Waals surface area contributed by atoms with Gasteiger partial charge in [-0.3, -0.25) is 19.1 Å². The van der Waals surface area contributed by atoms with E-state index in [0.29, 0.717) is 27.7 Å². The maximum absolute atomic E-state index is 13.3. The molecule has 0 aliphatic rings. The number of benzene rings is 3. The summed E-state index contributed by atoms with van der Waals surface area (Å²) < 4.78 is 1.78. The van der Waals surface area contributed by atoms with Gasteiger partial charge < -0.3 is 10.3 Å². The minimum atomic E-state index is -0.298. The molecule has 2 heterocycles. The van der Waals surface area contributed by atoms with Gasteiger partial charge in [0.25, 0.3) is 11.5 Å². The van der Waals surface area contributed by atoms with Gasteiger partial charge in [0, 0.05) is 17.1 Å². The molecule has 0 unspecified atom stereocenters. The predicted octanol–water partition coefficient (Wildman–Crippen LogP) is 5.47. The molecule has 0 aliphatic heterocycles. The molecule has 1 amide bonds. The Labute approximate surface area is 194 Å². The van der Waals surface area contributed by atoms with Crippen LogP contribution in [0.1, 0.15) is 21.5 Å². The molecule has 0 atom stereocenters. The molecule has 6 nitrogen and oxygen atoms in total. The summed E-state index contributed by atoms with van der Waals surface area (Å²) in [6.45, 7) is 3.96. The first-order valence-electron chi connectivity index (χ1n) is 10.4. The van der Waals surface area contributed by atoms with Crippen LogP contribution >= 0.6 is 12.2 Å². The Kier molecular flexibility index (Phi) is 5.11. The number of hydrogen-bond donors (Lipinski definition) is 2. The van der Waals surface area contributed by atoms with Crippen LogP contribution in [0.4, 0.5) is 5.69 Å². The Bertz CT molecular complexity index is 1680. The van der Waals surface area contributed by atoms with E-state index in [0.717, 1.165) is 22.2 Å². The van der Waals surface area contributed by atoms with E-state index < -0.39 is 0 Å². The molecule has 162 valence electrons. The zero-order valence-electron chi connectivity index (χ0n) is 18.0. The number of aryl methyl sites for hydroxylation is 1. The van der Waals surface area contributed by atoms with Crippen molar-refractivity contribution in [1.82, 2.24) is 14.5 Å². The second-order valence-electron chi connectivity index (χ2n) is 7.88. The van der Waals surface area contributed by atoms with Crippen LogP contribution in [0.2, 0.25) is 0 Å². The molecule has 3 aromatic carbocycles. The summed E-state index contributed by atoms with van der Waals surface area (Å²) >= 11 is 5.52. The Morgan fingerprint density at radius 1 is 1.03 bits per heavy atom. The smallest absolute Gasteiger partial charge is 0.266 e. The second-order valence-corrected chi connectivity index (χ2v) is 8.27. The van der Waals surface area contributed by atoms with Gasteiger partial charge in [0.05, 0.1) is 27.8 Å². The summed E-state index contributed by atoms with van der Waals surface area (Å²) in [5, 5.41) is 4.31. The molecular weight excluding hydrogens is 432 g/mol. The number of H-pyrrole nitrogens is 1. The maximum Gasteiger partial charge on any atom is 0.266 e. The molecule has 0 fully saturated rings. The Morgan fingerprint density at radius 2 is 1.82 bits per heavy atom. The van der Waals surface area contributed by atoms with Gasteiger partial charge in [0.2, 0.25) is 0 Å². The number of amides is 1. The zero-order chi connectivity index (χ0) is 23.1. The highest BCUT2D eigenvalue weighted by atomic mass is 32.1. The highest BCUT2D eigenvalue weighted by Gasteiger charge is 2.14. The van der Waals surface area contributed by atoms with Gasteiger partial charge in [0.15, 0.2) is 4.77 Å². The highest BCUT2D eigenvalue weighted by Crippen LogP contribution is 2.22. The minimum Gasteiger partial charge on any atom is -0.331 e. The summed E-state index contributed by atoms with van der Waals surface area (Å²) in [5.41, 5.74) is 4.82. The number of pyridine rings is 1. The lowest BCUT2D eigenvalue weighted by atomic mass is 10.1. The molecule has 0 saturated heterocycles. The van der Waals surface area contributed by atoms with Gasteiger partial charge in [-0.25, -0.2) is 0 Å². The second kappa shape index (κ2) is 8.11. The maximum atomic E-state index is 13.3. The largest absolute Gasteiger partial charge is 0.331 e. The van der Waals surface area contributed by atoms with Crippen molar-refractivity contribution in [2.75, 3.05) is 5.32 Å². The first-order valence-corrected chi connectivity index (χ1v) is 10.9. The van der Waals surface area contributed by atoms with E-state index in [9.17, 15) is 9.59 Å². The number of rotatable bonds is 3. The average Bonchev–Trinajstić information content (AvgIpc) is 2.81. The van der Waals surface area contributed by atoms with Gasteiger partial charge in [-0.2, -0.15) is 0 Å². The Hall–Kier alpha value is -4.10. The fraction of sp³-hybridized carbons (Fsp3) is 0.0769. The van der Waals surface area contributed by atoms with Gasteiger partial charge >= 0.3 is 0 Å². The molecule has 33 heavy (non-hydrogen) atoms. The van der Waals surface area contributed by atoms with E-state index >= 15 is 0 Å². The highest BCUT2D eigenvalue weighted by molar-refractivity contribution is 7.71. The van der Waals surface area contributed by atoms with E-state index in [-0.39, 0.29) is 16.2 Å². The van der Waals surface area contributed by atoms with E-state index in [1.54, 1.807) is 24.4 Å². The number of nitrogens with one attached hydrogen (secondary N) is 2. The third-order valence-corrected chi connectivity index (χ3v) is 6.14. The van der Waals surface area contributed by atoms with Gasteiger partial charge in [-0.1, -0.05) is 30.3 Å². The van der Waals surface area contributed by atoms with Crippen molar-refractivity contribution in [3.63, 3.8) is 0 Å². The summed E-state index contributed by atoms with van der Waals surface area (Å²) in [6, 6.07) is 20.1. The van der Waals surface area contributed by atoms with E-state index in [2.05, 4.69) is 15.3 Å². The fourth-order valence-corrected chi connectivity index (χ4v) is 4.25. The lowest BCUT2D eigenvalue weighted by Gasteiger charge is -2.13. The number of hydrogen-bond acceptors (Lipinski definition) is 4. The van der Waals surface area contributed by atoms with Crippen molar-refractivity contribution >= 4 is 45.6 Å². The lowest BCUT2D eigenvalue weighted by Crippen LogP contribution is -2.22. The Balaban J connectivity index is 1.56. The number of fused-ring (bicyclic) bond motifs is 2. The van der Waals surface area contributed by atoms with Crippen molar-refractivity contribution in [2.45, 2.75) is 13.8 Å². The van der Waals surface area contributed by atoms with Crippen LogP contribution in [-0.2, 0) is 0 Å². The molecule has 2 aromatic heterocycles. The number of carbonyl (C=O) groups excluding carboxylic acids is 1. The van der Waals surface area contributed by atoms with E-state index in [1.165, 1.54) is 4.57 Å². The predicted molar refractivity (Wildman–Crippen MR) is 134 cm³/mol. The minimum absolute atomic E-state index is 0.229. The molecule has 5 rings (SSSR count). The van der Waals surface area contributed by atoms with Crippen LogP contribution < -0.4 is 10.9 Å². The van der Waals surface area contributed by atoms with Crippen LogP contribution in [0.5, 0.6) is 0 Å². The van der Waals surface area contributed by atoms with Crippen LogP contribution in [0.15, 0.2) is 77.7 Å². The van der Waals surface area contributed by atoms with Crippen molar-refractivity contribution in [3.05, 3.63) is 105 Å². The molecule has 2 N–H and O–H groups in total. The Morgan fingerprint density at radius 3 is 2.67 bits per heavy atom. The molecule has 7 heteroatoms. The molecule has 0 bridgehead atoms. The van der Waals surface area contributed by atoms with Crippen molar-refractivity contribution in [3.8, 4) is 5.69 Å². The average molecular weight is 453 g/mol. The number of anilines is 1. The number of para-hydroxylation sites is 1.